The lowest BCUT2D eigenvalue weighted by atomic mass is 9.88. The molecule has 2 aliphatic rings. The van der Waals surface area contributed by atoms with Gasteiger partial charge in [0.25, 0.3) is 0 Å². The van der Waals surface area contributed by atoms with Gasteiger partial charge in [0.05, 0.1) is 0 Å². The Kier molecular flexibility index (Phi) is 9.91. The summed E-state index contributed by atoms with van der Waals surface area (Å²) in [6, 6.07) is 5.48. The van der Waals surface area contributed by atoms with Crippen molar-refractivity contribution in [3.05, 3.63) is 22.4 Å². The smallest absolute Gasteiger partial charge is 0.191 e. The van der Waals surface area contributed by atoms with Crippen molar-refractivity contribution in [2.45, 2.75) is 51.1 Å². The average molecular weight is 436 g/mol. The minimum Gasteiger partial charge on any atom is -0.385 e. The van der Waals surface area contributed by atoms with Gasteiger partial charge in [-0.25, -0.2) is 0 Å². The molecule has 2 fully saturated rings. The van der Waals surface area contributed by atoms with Gasteiger partial charge in [-0.05, 0) is 70.0 Å². The quantitative estimate of drug-likeness (QED) is 0.354. The zero-order valence-corrected chi connectivity index (χ0v) is 19.9. The van der Waals surface area contributed by atoms with E-state index in [1.807, 2.05) is 11.3 Å². The monoisotopic (exact) mass is 435 g/mol. The lowest BCUT2D eigenvalue weighted by Gasteiger charge is -2.38. The van der Waals surface area contributed by atoms with Gasteiger partial charge in [0, 0.05) is 63.4 Å². The number of likely N-dealkylation sites (tertiary alicyclic amines) is 2. The molecule has 0 radical (unpaired) electrons. The van der Waals surface area contributed by atoms with Crippen LogP contribution in [0.3, 0.4) is 0 Å². The molecule has 0 saturated carbocycles. The molecule has 0 amide bonds. The number of guanidine groups is 1. The van der Waals surface area contributed by atoms with Crippen LogP contribution in [0.4, 0.5) is 0 Å². The molecule has 2 unspecified atom stereocenters. The zero-order chi connectivity index (χ0) is 21.2. The van der Waals surface area contributed by atoms with Crippen LogP contribution in [0.2, 0.25) is 0 Å². The van der Waals surface area contributed by atoms with Crippen LogP contribution in [0, 0.1) is 5.92 Å². The summed E-state index contributed by atoms with van der Waals surface area (Å²) in [5.41, 5.74) is 0. The molecule has 6 nitrogen and oxygen atoms in total. The fraction of sp³-hybridized carbons (Fsp3) is 0.783. The van der Waals surface area contributed by atoms with E-state index in [9.17, 15) is 0 Å². The second-order valence-electron chi connectivity index (χ2n) is 8.67. The van der Waals surface area contributed by atoms with E-state index in [1.165, 1.54) is 37.1 Å². The second kappa shape index (κ2) is 12.6. The van der Waals surface area contributed by atoms with Gasteiger partial charge in [0.15, 0.2) is 5.96 Å². The number of hydrogen-bond donors (Lipinski definition) is 2. The molecule has 2 atom stereocenters. The summed E-state index contributed by atoms with van der Waals surface area (Å²) in [4.78, 5) is 11.6. The summed E-state index contributed by atoms with van der Waals surface area (Å²) in [6.07, 6.45) is 6.02. The molecular formula is C23H41N5OS. The number of rotatable bonds is 9. The highest BCUT2D eigenvalue weighted by Gasteiger charge is 2.31. The number of thiophene rings is 1. The highest BCUT2D eigenvalue weighted by atomic mass is 32.1. The molecule has 30 heavy (non-hydrogen) atoms. The van der Waals surface area contributed by atoms with Gasteiger partial charge in [0.1, 0.15) is 0 Å². The molecule has 0 aromatic carbocycles. The summed E-state index contributed by atoms with van der Waals surface area (Å²) in [5.74, 6) is 1.58. The van der Waals surface area contributed by atoms with E-state index in [1.54, 1.807) is 7.11 Å². The first-order chi connectivity index (χ1) is 14.7. The fourth-order valence-corrected chi connectivity index (χ4v) is 5.80. The number of nitrogens with zero attached hydrogens (tertiary/aromatic N) is 3. The van der Waals surface area contributed by atoms with Crippen LogP contribution in [0.25, 0.3) is 0 Å². The Morgan fingerprint density at radius 1 is 1.27 bits per heavy atom. The summed E-state index contributed by atoms with van der Waals surface area (Å²) in [5, 5.41) is 9.40. The average Bonchev–Trinajstić information content (AvgIpc) is 3.28. The van der Waals surface area contributed by atoms with Crippen molar-refractivity contribution in [1.29, 1.82) is 0 Å². The minimum atomic E-state index is 0.501. The zero-order valence-electron chi connectivity index (χ0n) is 19.1. The molecule has 2 aliphatic heterocycles. The predicted molar refractivity (Wildman–Crippen MR) is 127 cm³/mol. The molecule has 2 N–H and O–H groups in total. The van der Waals surface area contributed by atoms with E-state index in [0.717, 1.165) is 51.7 Å². The Morgan fingerprint density at radius 3 is 2.80 bits per heavy atom. The lowest BCUT2D eigenvalue weighted by Crippen LogP contribution is -2.49. The summed E-state index contributed by atoms with van der Waals surface area (Å²) >= 11 is 1.88. The van der Waals surface area contributed by atoms with Crippen molar-refractivity contribution in [2.24, 2.45) is 10.9 Å². The number of nitrogens with one attached hydrogen (secondary N) is 2. The third-order valence-electron chi connectivity index (χ3n) is 6.42. The first-order valence-electron chi connectivity index (χ1n) is 11.7. The predicted octanol–water partition coefficient (Wildman–Crippen LogP) is 3.19. The van der Waals surface area contributed by atoms with Gasteiger partial charge in [0.2, 0.25) is 0 Å². The van der Waals surface area contributed by atoms with Crippen molar-refractivity contribution in [1.82, 2.24) is 20.4 Å². The Labute approximate surface area is 187 Å². The van der Waals surface area contributed by atoms with Crippen LogP contribution in [0.1, 0.15) is 49.9 Å². The van der Waals surface area contributed by atoms with Gasteiger partial charge < -0.3 is 20.3 Å². The summed E-state index contributed by atoms with van der Waals surface area (Å²) < 4.78 is 5.18. The summed E-state index contributed by atoms with van der Waals surface area (Å²) in [7, 11) is 4.05. The molecule has 170 valence electrons. The van der Waals surface area contributed by atoms with E-state index >= 15 is 0 Å². The second-order valence-corrected chi connectivity index (χ2v) is 9.65. The van der Waals surface area contributed by atoms with E-state index in [4.69, 9.17) is 9.73 Å². The van der Waals surface area contributed by atoms with Crippen molar-refractivity contribution in [3.8, 4) is 0 Å². The highest BCUT2D eigenvalue weighted by Crippen LogP contribution is 2.37. The number of piperidine rings is 2. The van der Waals surface area contributed by atoms with E-state index in [0.29, 0.717) is 18.0 Å². The Bertz CT molecular complexity index is 615. The van der Waals surface area contributed by atoms with E-state index in [-0.39, 0.29) is 0 Å². The standard InChI is InChI=1S/C23H41N5OS/c1-4-24-23(26-20-10-14-28(15-11-20)13-7-16-29-3)25-18-19-8-5-12-27(2)22(19)21-9-6-17-30-21/h6,9,17,19-20,22H,4-5,7-8,10-16,18H2,1-3H3,(H2,24,25,26). The molecule has 1 aromatic rings. The number of hydrogen-bond acceptors (Lipinski definition) is 5. The minimum absolute atomic E-state index is 0.501. The molecule has 1 aromatic heterocycles. The van der Waals surface area contributed by atoms with E-state index < -0.39 is 0 Å². The third-order valence-corrected chi connectivity index (χ3v) is 7.36. The van der Waals surface area contributed by atoms with E-state index in [2.05, 4.69) is 51.9 Å². The van der Waals surface area contributed by atoms with Crippen molar-refractivity contribution in [3.63, 3.8) is 0 Å². The largest absolute Gasteiger partial charge is 0.385 e. The van der Waals surface area contributed by atoms with Crippen LogP contribution in [0.15, 0.2) is 22.5 Å². The fourth-order valence-electron chi connectivity index (χ4n) is 4.82. The molecule has 0 bridgehead atoms. The Morgan fingerprint density at radius 2 is 2.10 bits per heavy atom. The molecule has 3 rings (SSSR count). The van der Waals surface area contributed by atoms with Crippen LogP contribution in [-0.2, 0) is 4.74 Å². The third kappa shape index (κ3) is 6.94. The van der Waals surface area contributed by atoms with Gasteiger partial charge in [-0.1, -0.05) is 6.07 Å². The van der Waals surface area contributed by atoms with Crippen molar-refractivity contribution >= 4 is 17.3 Å². The van der Waals surface area contributed by atoms with Crippen molar-refractivity contribution in [2.75, 3.05) is 60.0 Å². The number of methoxy groups -OCH3 is 1. The van der Waals surface area contributed by atoms with Gasteiger partial charge in [-0.3, -0.25) is 9.89 Å². The molecular weight excluding hydrogens is 394 g/mol. The maximum atomic E-state index is 5.18. The van der Waals surface area contributed by atoms with Crippen LogP contribution >= 0.6 is 11.3 Å². The van der Waals surface area contributed by atoms with Crippen LogP contribution < -0.4 is 10.6 Å². The molecule has 7 heteroatoms. The Balaban J connectivity index is 1.53. The van der Waals surface area contributed by atoms with Gasteiger partial charge in [-0.2, -0.15) is 0 Å². The van der Waals surface area contributed by atoms with Crippen LogP contribution in [-0.4, -0.2) is 81.8 Å². The van der Waals surface area contributed by atoms with Crippen molar-refractivity contribution < 1.29 is 4.74 Å². The normalized spacial score (nSPS) is 24.8. The molecule has 3 heterocycles. The molecule has 2 saturated heterocycles. The van der Waals surface area contributed by atoms with Crippen LogP contribution in [0.5, 0.6) is 0 Å². The number of ether oxygens (including phenoxy) is 1. The molecule has 0 aliphatic carbocycles. The lowest BCUT2D eigenvalue weighted by molar-refractivity contribution is 0.128. The maximum absolute atomic E-state index is 5.18. The molecule has 0 spiro atoms. The Hall–Kier alpha value is -1.15. The van der Waals surface area contributed by atoms with Gasteiger partial charge >= 0.3 is 0 Å². The SMILES string of the molecule is CCNC(=NCC1CCCN(C)C1c1cccs1)NC1CCN(CCCOC)CC1. The topological polar surface area (TPSA) is 52.1 Å². The highest BCUT2D eigenvalue weighted by molar-refractivity contribution is 7.10. The summed E-state index contributed by atoms with van der Waals surface area (Å²) in [6.45, 7) is 9.46. The number of aliphatic imine (C=N–C) groups is 1. The maximum Gasteiger partial charge on any atom is 0.191 e. The first kappa shape index (κ1) is 23.5. The first-order valence-corrected chi connectivity index (χ1v) is 12.6. The van der Waals surface area contributed by atoms with Gasteiger partial charge in [-0.15, -0.1) is 11.3 Å².